The lowest BCUT2D eigenvalue weighted by Crippen LogP contribution is -2.20. The first-order chi connectivity index (χ1) is 12.8. The lowest BCUT2D eigenvalue weighted by Gasteiger charge is -2.14. The van der Waals surface area contributed by atoms with Crippen molar-refractivity contribution in [3.05, 3.63) is 79.1 Å². The van der Waals surface area contributed by atoms with Crippen molar-refractivity contribution in [2.45, 2.75) is 13.8 Å². The van der Waals surface area contributed by atoms with Crippen molar-refractivity contribution >= 4 is 34.2 Å². The fourth-order valence-electron chi connectivity index (χ4n) is 2.75. The van der Waals surface area contributed by atoms with Gasteiger partial charge in [0.15, 0.2) is 0 Å². The van der Waals surface area contributed by atoms with Crippen LogP contribution < -0.4 is 5.43 Å². The summed E-state index contributed by atoms with van der Waals surface area (Å²) < 4.78 is 6.55. The number of carbonyl (C=O) groups excluding carboxylic acids is 1. The van der Waals surface area contributed by atoms with Crippen molar-refractivity contribution in [2.75, 3.05) is 6.61 Å². The molecule has 2 aromatic carbocycles. The van der Waals surface area contributed by atoms with Gasteiger partial charge in [0, 0.05) is 18.0 Å². The monoisotopic (exact) mass is 386 g/mol. The van der Waals surface area contributed by atoms with Crippen molar-refractivity contribution in [2.24, 2.45) is 0 Å². The summed E-state index contributed by atoms with van der Waals surface area (Å²) in [6, 6.07) is 9.80. The molecule has 0 spiro atoms. The summed E-state index contributed by atoms with van der Waals surface area (Å²) in [6.45, 7) is 3.65. The van der Waals surface area contributed by atoms with E-state index in [1.54, 1.807) is 11.5 Å². The molecule has 8 heteroatoms. The first-order valence-electron chi connectivity index (χ1n) is 8.11. The van der Waals surface area contributed by atoms with Crippen LogP contribution in [0.2, 0.25) is 5.02 Å². The van der Waals surface area contributed by atoms with E-state index in [0.29, 0.717) is 11.2 Å². The number of fused-ring (bicyclic) bond motifs is 1. The first kappa shape index (κ1) is 18.6. The Morgan fingerprint density at radius 2 is 1.93 bits per heavy atom. The number of hydrogen-bond acceptors (Lipinski definition) is 5. The highest BCUT2D eigenvalue weighted by Crippen LogP contribution is 2.30. The molecule has 0 saturated carbocycles. The molecule has 0 aliphatic carbocycles. The minimum atomic E-state index is -0.789. The molecule has 0 aliphatic heterocycles. The molecule has 1 aromatic heterocycles. The van der Waals surface area contributed by atoms with Crippen molar-refractivity contribution in [3.63, 3.8) is 0 Å². The minimum Gasteiger partial charge on any atom is -0.462 e. The fraction of sp³-hybridized carbons (Fsp3) is 0.158. The zero-order valence-corrected chi connectivity index (χ0v) is 15.3. The lowest BCUT2D eigenvalue weighted by atomic mass is 10.1. The molecule has 3 rings (SSSR count). The third-order valence-electron chi connectivity index (χ3n) is 4.08. The summed E-state index contributed by atoms with van der Waals surface area (Å²) >= 11 is 6.04. The largest absolute Gasteiger partial charge is 0.462 e. The van der Waals surface area contributed by atoms with E-state index in [9.17, 15) is 19.7 Å². The molecule has 0 fully saturated rings. The Bertz CT molecular complexity index is 1120. The van der Waals surface area contributed by atoms with Crippen molar-refractivity contribution in [1.82, 2.24) is 4.57 Å². The van der Waals surface area contributed by atoms with Gasteiger partial charge in [0.1, 0.15) is 10.6 Å². The summed E-state index contributed by atoms with van der Waals surface area (Å²) in [5.74, 6) is -0.789. The van der Waals surface area contributed by atoms with Gasteiger partial charge in [0.25, 0.3) is 5.69 Å². The summed E-state index contributed by atoms with van der Waals surface area (Å²) in [5.41, 5.74) is 0.794. The Hall–Kier alpha value is -3.19. The lowest BCUT2D eigenvalue weighted by molar-refractivity contribution is -0.384. The van der Waals surface area contributed by atoms with E-state index in [0.717, 1.165) is 11.6 Å². The number of esters is 1. The summed E-state index contributed by atoms with van der Waals surface area (Å²) in [5, 5.41) is 11.1. The van der Waals surface area contributed by atoms with Crippen LogP contribution in [0.15, 0.2) is 47.4 Å². The molecule has 0 amide bonds. The van der Waals surface area contributed by atoms with Crippen LogP contribution >= 0.6 is 11.6 Å². The number of rotatable bonds is 4. The van der Waals surface area contributed by atoms with Gasteiger partial charge in [-0.2, -0.15) is 0 Å². The molecule has 138 valence electrons. The topological polar surface area (TPSA) is 91.4 Å². The second-order valence-corrected chi connectivity index (χ2v) is 6.28. The Kier molecular flexibility index (Phi) is 4.96. The van der Waals surface area contributed by atoms with Gasteiger partial charge in [-0.3, -0.25) is 14.9 Å². The van der Waals surface area contributed by atoms with Crippen LogP contribution in [0, 0.1) is 17.0 Å². The number of aryl methyl sites for hydroxylation is 1. The van der Waals surface area contributed by atoms with Crippen LogP contribution in [0.5, 0.6) is 0 Å². The second-order valence-electron chi connectivity index (χ2n) is 5.88. The van der Waals surface area contributed by atoms with E-state index in [1.807, 2.05) is 31.2 Å². The Morgan fingerprint density at radius 1 is 1.26 bits per heavy atom. The zero-order valence-electron chi connectivity index (χ0n) is 14.6. The molecular weight excluding hydrogens is 372 g/mol. The number of aromatic nitrogens is 1. The van der Waals surface area contributed by atoms with Crippen molar-refractivity contribution in [1.29, 1.82) is 0 Å². The maximum Gasteiger partial charge on any atom is 0.343 e. The molecule has 0 bridgehead atoms. The maximum atomic E-state index is 12.8. The quantitative estimate of drug-likeness (QED) is 0.383. The average Bonchev–Trinajstić information content (AvgIpc) is 2.62. The predicted molar refractivity (Wildman–Crippen MR) is 102 cm³/mol. The van der Waals surface area contributed by atoms with E-state index in [4.69, 9.17) is 16.3 Å². The highest BCUT2D eigenvalue weighted by Gasteiger charge is 2.21. The van der Waals surface area contributed by atoms with Crippen LogP contribution in [0.1, 0.15) is 22.8 Å². The third-order valence-corrected chi connectivity index (χ3v) is 4.38. The number of carbonyl (C=O) groups is 1. The second kappa shape index (κ2) is 7.20. The fourth-order valence-corrected chi connectivity index (χ4v) is 2.97. The third kappa shape index (κ3) is 3.41. The van der Waals surface area contributed by atoms with Gasteiger partial charge in [-0.25, -0.2) is 4.79 Å². The molecule has 0 radical (unpaired) electrons. The molecule has 0 unspecified atom stereocenters. The van der Waals surface area contributed by atoms with Crippen LogP contribution in [0.4, 0.5) is 5.69 Å². The molecule has 0 atom stereocenters. The predicted octanol–water partition coefficient (Wildman–Crippen LogP) is 4.04. The molecular formula is C19H15ClN2O5. The Labute approximate surface area is 158 Å². The van der Waals surface area contributed by atoms with Crippen LogP contribution in [-0.2, 0) is 4.74 Å². The molecule has 0 saturated heterocycles. The number of hydrogen-bond donors (Lipinski definition) is 0. The van der Waals surface area contributed by atoms with Crippen molar-refractivity contribution in [3.8, 4) is 5.69 Å². The minimum absolute atomic E-state index is 0.0113. The number of ether oxygens (including phenoxy) is 1. The smallest absolute Gasteiger partial charge is 0.343 e. The number of halogens is 1. The van der Waals surface area contributed by atoms with Gasteiger partial charge >= 0.3 is 5.97 Å². The van der Waals surface area contributed by atoms with Gasteiger partial charge in [-0.05, 0) is 32.0 Å². The number of nitro benzene ring substituents is 1. The van der Waals surface area contributed by atoms with E-state index < -0.39 is 22.0 Å². The van der Waals surface area contributed by atoms with E-state index >= 15 is 0 Å². The molecule has 7 nitrogen and oxygen atoms in total. The Balaban J connectivity index is 2.42. The zero-order chi connectivity index (χ0) is 19.7. The van der Waals surface area contributed by atoms with Gasteiger partial charge < -0.3 is 9.30 Å². The number of nitro groups is 1. The highest BCUT2D eigenvalue weighted by atomic mass is 35.5. The standard InChI is InChI=1S/C19H15ClN2O5/c1-3-27-19(24)14-10-21(12-6-4-11(2)5-7-12)16-9-15(20)17(22(25)26)8-13(16)18(14)23/h4-10H,3H2,1-2H3. The summed E-state index contributed by atoms with van der Waals surface area (Å²) in [4.78, 5) is 35.6. The first-order valence-corrected chi connectivity index (χ1v) is 8.48. The molecule has 0 aliphatic rings. The molecule has 1 heterocycles. The number of nitrogens with zero attached hydrogens (tertiary/aromatic N) is 2. The highest BCUT2D eigenvalue weighted by molar-refractivity contribution is 6.33. The van der Waals surface area contributed by atoms with Gasteiger partial charge in [-0.1, -0.05) is 29.3 Å². The van der Waals surface area contributed by atoms with Gasteiger partial charge in [0.2, 0.25) is 5.43 Å². The van der Waals surface area contributed by atoms with Gasteiger partial charge in [0.05, 0.1) is 22.4 Å². The maximum absolute atomic E-state index is 12.8. The van der Waals surface area contributed by atoms with Crippen LogP contribution in [0.25, 0.3) is 16.6 Å². The normalized spacial score (nSPS) is 10.8. The average molecular weight is 387 g/mol. The number of pyridine rings is 1. The SMILES string of the molecule is CCOC(=O)c1cn(-c2ccc(C)cc2)c2cc(Cl)c([N+](=O)[O-])cc2c1=O. The van der Waals surface area contributed by atoms with E-state index in [-0.39, 0.29) is 22.6 Å². The van der Waals surface area contributed by atoms with Crippen LogP contribution in [0.3, 0.4) is 0 Å². The molecule has 3 aromatic rings. The summed E-state index contributed by atoms with van der Waals surface area (Å²) in [6.07, 6.45) is 1.37. The summed E-state index contributed by atoms with van der Waals surface area (Å²) in [7, 11) is 0. The molecule has 27 heavy (non-hydrogen) atoms. The van der Waals surface area contributed by atoms with Gasteiger partial charge in [-0.15, -0.1) is 0 Å². The Morgan fingerprint density at radius 3 is 2.52 bits per heavy atom. The molecule has 0 N–H and O–H groups in total. The van der Waals surface area contributed by atoms with E-state index in [2.05, 4.69) is 0 Å². The van der Waals surface area contributed by atoms with Crippen molar-refractivity contribution < 1.29 is 14.5 Å². The number of benzene rings is 2. The van der Waals surface area contributed by atoms with E-state index in [1.165, 1.54) is 12.3 Å². The van der Waals surface area contributed by atoms with Crippen LogP contribution in [-0.4, -0.2) is 22.1 Å².